The molecule has 0 spiro atoms. The molecule has 0 unspecified atom stereocenters. The van der Waals surface area contributed by atoms with Gasteiger partial charge in [0.15, 0.2) is 0 Å². The van der Waals surface area contributed by atoms with E-state index in [9.17, 15) is 4.79 Å². The molecule has 1 aromatic heterocycles. The number of benzene rings is 2. The SMILES string of the molecule is Cc1c(N)c(=O)n(-c2ccccc2)n1C.Cc1cccc(N)c1C. The van der Waals surface area contributed by atoms with Gasteiger partial charge in [-0.2, -0.15) is 0 Å². The number of nitrogen functional groups attached to an aromatic ring is 2. The van der Waals surface area contributed by atoms with E-state index < -0.39 is 0 Å². The number of rotatable bonds is 1. The van der Waals surface area contributed by atoms with Crippen LogP contribution in [-0.4, -0.2) is 9.36 Å². The standard InChI is InChI=1S/C11H13N3O.C8H11N/c1-8-10(12)11(15)14(13(8)2)9-6-4-3-5-7-9;1-6-4-3-5-8(9)7(6)2/h3-7H,12H2,1-2H3;3-5H,9H2,1-2H3. The molecule has 0 saturated heterocycles. The van der Waals surface area contributed by atoms with Crippen LogP contribution in [0.15, 0.2) is 53.3 Å². The number of nitrogens with two attached hydrogens (primary N) is 2. The lowest BCUT2D eigenvalue weighted by Crippen LogP contribution is -2.20. The minimum Gasteiger partial charge on any atom is -0.399 e. The first-order valence-corrected chi connectivity index (χ1v) is 7.75. The molecule has 1 heterocycles. The molecule has 5 heteroatoms. The summed E-state index contributed by atoms with van der Waals surface area (Å²) in [5.41, 5.74) is 16.4. The summed E-state index contributed by atoms with van der Waals surface area (Å²) in [5, 5.41) is 0. The first-order chi connectivity index (χ1) is 11.3. The second-order valence-corrected chi connectivity index (χ2v) is 5.76. The van der Waals surface area contributed by atoms with Gasteiger partial charge < -0.3 is 11.5 Å². The first kappa shape index (κ1) is 17.4. The van der Waals surface area contributed by atoms with Crippen LogP contribution in [0.5, 0.6) is 0 Å². The summed E-state index contributed by atoms with van der Waals surface area (Å²) in [7, 11) is 1.82. The average molecular weight is 324 g/mol. The normalized spacial score (nSPS) is 10.2. The number of hydrogen-bond donors (Lipinski definition) is 2. The zero-order chi connectivity index (χ0) is 17.9. The third-order valence-corrected chi connectivity index (χ3v) is 4.25. The predicted molar refractivity (Wildman–Crippen MR) is 100 cm³/mol. The van der Waals surface area contributed by atoms with E-state index in [4.69, 9.17) is 11.5 Å². The van der Waals surface area contributed by atoms with E-state index in [0.717, 1.165) is 17.1 Å². The second-order valence-electron chi connectivity index (χ2n) is 5.76. The summed E-state index contributed by atoms with van der Waals surface area (Å²) >= 11 is 0. The molecule has 5 nitrogen and oxygen atoms in total. The van der Waals surface area contributed by atoms with Gasteiger partial charge in [-0.15, -0.1) is 0 Å². The van der Waals surface area contributed by atoms with Gasteiger partial charge in [0.05, 0.1) is 11.4 Å². The highest BCUT2D eigenvalue weighted by Crippen LogP contribution is 2.13. The fraction of sp³-hybridized carbons (Fsp3) is 0.211. The van der Waals surface area contributed by atoms with E-state index in [-0.39, 0.29) is 5.56 Å². The minimum absolute atomic E-state index is 0.166. The zero-order valence-electron chi connectivity index (χ0n) is 14.6. The van der Waals surface area contributed by atoms with Crippen molar-refractivity contribution in [2.45, 2.75) is 20.8 Å². The molecule has 0 radical (unpaired) electrons. The number of anilines is 2. The monoisotopic (exact) mass is 324 g/mol. The van der Waals surface area contributed by atoms with Gasteiger partial charge in [-0.3, -0.25) is 9.48 Å². The van der Waals surface area contributed by atoms with Gasteiger partial charge >= 0.3 is 0 Å². The Kier molecular flexibility index (Phi) is 5.14. The Hall–Kier alpha value is -2.95. The second kappa shape index (κ2) is 7.08. The molecular formula is C19H24N4O. The highest BCUT2D eigenvalue weighted by Gasteiger charge is 2.12. The van der Waals surface area contributed by atoms with Crippen LogP contribution in [0.3, 0.4) is 0 Å². The molecule has 0 aliphatic rings. The molecule has 24 heavy (non-hydrogen) atoms. The maximum atomic E-state index is 11.8. The fourth-order valence-electron chi connectivity index (χ4n) is 2.36. The molecule has 4 N–H and O–H groups in total. The molecule has 0 aliphatic heterocycles. The highest BCUT2D eigenvalue weighted by atomic mass is 16.1. The van der Waals surface area contributed by atoms with Crippen molar-refractivity contribution < 1.29 is 0 Å². The average Bonchev–Trinajstić information content (AvgIpc) is 2.77. The number of nitrogens with zero attached hydrogens (tertiary/aromatic N) is 2. The van der Waals surface area contributed by atoms with Crippen LogP contribution in [0, 0.1) is 20.8 Å². The number of aromatic nitrogens is 2. The minimum atomic E-state index is -0.166. The van der Waals surface area contributed by atoms with Crippen molar-refractivity contribution in [2.75, 3.05) is 11.5 Å². The van der Waals surface area contributed by atoms with Crippen molar-refractivity contribution in [3.63, 3.8) is 0 Å². The number of para-hydroxylation sites is 1. The Bertz CT molecular complexity index is 871. The maximum absolute atomic E-state index is 11.8. The van der Waals surface area contributed by atoms with Gasteiger partial charge in [-0.05, 0) is 50.1 Å². The predicted octanol–water partition coefficient (Wildman–Crippen LogP) is 2.95. The molecule has 0 aliphatic carbocycles. The van der Waals surface area contributed by atoms with Crippen molar-refractivity contribution in [3.8, 4) is 5.69 Å². The molecule has 0 fully saturated rings. The molecule has 0 amide bonds. The van der Waals surface area contributed by atoms with Crippen molar-refractivity contribution in [1.29, 1.82) is 0 Å². The fourth-order valence-corrected chi connectivity index (χ4v) is 2.36. The van der Waals surface area contributed by atoms with Gasteiger partial charge in [0.2, 0.25) is 0 Å². The molecule has 3 rings (SSSR count). The van der Waals surface area contributed by atoms with Crippen LogP contribution < -0.4 is 17.0 Å². The molecule has 2 aromatic carbocycles. The van der Waals surface area contributed by atoms with Crippen LogP contribution in [0.25, 0.3) is 5.69 Å². The Labute approximate surface area is 142 Å². The van der Waals surface area contributed by atoms with Crippen molar-refractivity contribution >= 4 is 11.4 Å². The van der Waals surface area contributed by atoms with Crippen LogP contribution in [0.4, 0.5) is 11.4 Å². The van der Waals surface area contributed by atoms with Gasteiger partial charge in [0, 0.05) is 12.7 Å². The van der Waals surface area contributed by atoms with Crippen molar-refractivity contribution in [3.05, 3.63) is 75.7 Å². The lowest BCUT2D eigenvalue weighted by molar-refractivity contribution is 0.630. The van der Waals surface area contributed by atoms with Gasteiger partial charge in [-0.1, -0.05) is 30.3 Å². The summed E-state index contributed by atoms with van der Waals surface area (Å²) in [6.07, 6.45) is 0. The van der Waals surface area contributed by atoms with E-state index in [1.54, 1.807) is 9.36 Å². The quantitative estimate of drug-likeness (QED) is 0.675. The summed E-state index contributed by atoms with van der Waals surface area (Å²) < 4.78 is 3.32. The maximum Gasteiger partial charge on any atom is 0.294 e. The van der Waals surface area contributed by atoms with Gasteiger partial charge in [-0.25, -0.2) is 4.68 Å². The smallest absolute Gasteiger partial charge is 0.294 e. The Morgan fingerprint density at radius 2 is 1.50 bits per heavy atom. The van der Waals surface area contributed by atoms with Crippen molar-refractivity contribution in [1.82, 2.24) is 9.36 Å². The summed E-state index contributed by atoms with van der Waals surface area (Å²) in [5.74, 6) is 0. The number of hydrogen-bond acceptors (Lipinski definition) is 3. The summed E-state index contributed by atoms with van der Waals surface area (Å²) in [6.45, 7) is 5.92. The van der Waals surface area contributed by atoms with Crippen LogP contribution >= 0.6 is 0 Å². The Morgan fingerprint density at radius 1 is 0.875 bits per heavy atom. The third kappa shape index (κ3) is 3.35. The Balaban J connectivity index is 0.000000198. The van der Waals surface area contributed by atoms with E-state index in [1.807, 2.05) is 63.4 Å². The first-order valence-electron chi connectivity index (χ1n) is 7.75. The van der Waals surface area contributed by atoms with Crippen LogP contribution in [0.1, 0.15) is 16.8 Å². The number of aryl methyl sites for hydroxylation is 1. The van der Waals surface area contributed by atoms with Gasteiger partial charge in [0.1, 0.15) is 5.69 Å². The third-order valence-electron chi connectivity index (χ3n) is 4.25. The molecule has 3 aromatic rings. The highest BCUT2D eigenvalue weighted by molar-refractivity contribution is 5.49. The molecule has 0 atom stereocenters. The van der Waals surface area contributed by atoms with Crippen molar-refractivity contribution in [2.24, 2.45) is 7.05 Å². The lowest BCUT2D eigenvalue weighted by Gasteiger charge is -2.07. The van der Waals surface area contributed by atoms with E-state index in [1.165, 1.54) is 11.1 Å². The van der Waals surface area contributed by atoms with Crippen LogP contribution in [0.2, 0.25) is 0 Å². The Morgan fingerprint density at radius 3 is 1.96 bits per heavy atom. The summed E-state index contributed by atoms with van der Waals surface area (Å²) in [4.78, 5) is 11.8. The van der Waals surface area contributed by atoms with E-state index >= 15 is 0 Å². The summed E-state index contributed by atoms with van der Waals surface area (Å²) in [6, 6.07) is 15.4. The molecule has 0 saturated carbocycles. The van der Waals surface area contributed by atoms with Gasteiger partial charge in [0.25, 0.3) is 5.56 Å². The lowest BCUT2D eigenvalue weighted by atomic mass is 10.1. The largest absolute Gasteiger partial charge is 0.399 e. The molecule has 0 bridgehead atoms. The topological polar surface area (TPSA) is 79.0 Å². The van der Waals surface area contributed by atoms with E-state index in [0.29, 0.717) is 5.69 Å². The molecule has 126 valence electrons. The van der Waals surface area contributed by atoms with Crippen LogP contribution in [-0.2, 0) is 7.05 Å². The zero-order valence-corrected chi connectivity index (χ0v) is 14.6. The van der Waals surface area contributed by atoms with E-state index in [2.05, 4.69) is 13.0 Å². The molecular weight excluding hydrogens is 300 g/mol.